The van der Waals surface area contributed by atoms with E-state index in [-0.39, 0.29) is 12.4 Å². The Morgan fingerprint density at radius 2 is 1.68 bits per heavy atom. The van der Waals surface area contributed by atoms with Gasteiger partial charge in [-0.25, -0.2) is 4.98 Å². The molecule has 0 saturated carbocycles. The molecule has 3 rings (SSSR count). The van der Waals surface area contributed by atoms with Gasteiger partial charge in [0.25, 0.3) is 0 Å². The number of benzene rings is 2. The second-order valence-electron chi connectivity index (χ2n) is 4.85. The molecule has 0 aliphatic carbocycles. The van der Waals surface area contributed by atoms with E-state index in [4.69, 9.17) is 9.15 Å². The van der Waals surface area contributed by atoms with Crippen molar-refractivity contribution in [2.45, 2.75) is 13.3 Å². The zero-order valence-electron chi connectivity index (χ0n) is 12.2. The summed E-state index contributed by atoms with van der Waals surface area (Å²) in [4.78, 5) is 16.4. The lowest BCUT2D eigenvalue weighted by Crippen LogP contribution is -2.12. The third-order valence-electron chi connectivity index (χ3n) is 3.20. The molecule has 4 heteroatoms. The number of aromatic nitrogens is 1. The van der Waals surface area contributed by atoms with Crippen LogP contribution in [0.25, 0.3) is 11.5 Å². The third kappa shape index (κ3) is 3.23. The highest BCUT2D eigenvalue weighted by Gasteiger charge is 2.15. The lowest BCUT2D eigenvalue weighted by Gasteiger charge is -2.02. The van der Waals surface area contributed by atoms with Gasteiger partial charge in [0.2, 0.25) is 5.89 Å². The Balaban J connectivity index is 1.73. The molecule has 2 aromatic carbocycles. The number of hydrogen-bond acceptors (Lipinski definition) is 4. The Bertz CT molecular complexity index is 764. The van der Waals surface area contributed by atoms with Crippen LogP contribution in [-0.2, 0) is 11.2 Å². The van der Waals surface area contributed by atoms with Gasteiger partial charge in [0.15, 0.2) is 0 Å². The zero-order chi connectivity index (χ0) is 15.4. The Morgan fingerprint density at radius 3 is 2.36 bits per heavy atom. The molecule has 4 nitrogen and oxygen atoms in total. The summed E-state index contributed by atoms with van der Waals surface area (Å²) in [5.74, 6) is 1.31. The number of ether oxygens (including phenoxy) is 1. The molecule has 3 aromatic rings. The SMILES string of the molecule is Cc1oc(-c2ccccc2)nc1CC(=O)Oc1ccccc1. The monoisotopic (exact) mass is 293 g/mol. The molecular formula is C18H15NO3. The molecule has 0 aliphatic heterocycles. The van der Waals surface area contributed by atoms with E-state index in [1.165, 1.54) is 0 Å². The van der Waals surface area contributed by atoms with Crippen LogP contribution in [-0.4, -0.2) is 11.0 Å². The predicted octanol–water partition coefficient (Wildman–Crippen LogP) is 3.80. The number of aryl methyl sites for hydroxylation is 1. The van der Waals surface area contributed by atoms with Gasteiger partial charge in [-0.2, -0.15) is 0 Å². The van der Waals surface area contributed by atoms with Gasteiger partial charge >= 0.3 is 5.97 Å². The van der Waals surface area contributed by atoms with Crippen molar-refractivity contribution in [1.82, 2.24) is 4.98 Å². The summed E-state index contributed by atoms with van der Waals surface area (Å²) < 4.78 is 10.9. The highest BCUT2D eigenvalue weighted by Crippen LogP contribution is 2.22. The van der Waals surface area contributed by atoms with E-state index in [0.29, 0.717) is 23.1 Å². The molecule has 0 atom stereocenters. The van der Waals surface area contributed by atoms with Crippen LogP contribution in [0, 0.1) is 6.92 Å². The number of rotatable bonds is 4. The highest BCUT2D eigenvalue weighted by molar-refractivity contribution is 5.75. The second kappa shape index (κ2) is 6.26. The highest BCUT2D eigenvalue weighted by atomic mass is 16.5. The molecule has 22 heavy (non-hydrogen) atoms. The second-order valence-corrected chi connectivity index (χ2v) is 4.85. The Hall–Kier alpha value is -2.88. The summed E-state index contributed by atoms with van der Waals surface area (Å²) in [6, 6.07) is 18.6. The molecule has 110 valence electrons. The van der Waals surface area contributed by atoms with Crippen molar-refractivity contribution in [1.29, 1.82) is 0 Å². The standard InChI is InChI=1S/C18H15NO3/c1-13-16(12-17(20)22-15-10-6-3-7-11-15)19-18(21-13)14-8-4-2-5-9-14/h2-11H,12H2,1H3. The van der Waals surface area contributed by atoms with Crippen molar-refractivity contribution in [2.24, 2.45) is 0 Å². The molecule has 0 radical (unpaired) electrons. The molecular weight excluding hydrogens is 278 g/mol. The zero-order valence-corrected chi connectivity index (χ0v) is 12.2. The predicted molar refractivity (Wildman–Crippen MR) is 82.5 cm³/mol. The van der Waals surface area contributed by atoms with Crippen molar-refractivity contribution in [3.63, 3.8) is 0 Å². The van der Waals surface area contributed by atoms with E-state index in [1.54, 1.807) is 19.1 Å². The van der Waals surface area contributed by atoms with Crippen LogP contribution in [0.2, 0.25) is 0 Å². The molecule has 0 N–H and O–H groups in total. The van der Waals surface area contributed by atoms with Crippen LogP contribution in [0.3, 0.4) is 0 Å². The molecule has 0 unspecified atom stereocenters. The Kier molecular flexibility index (Phi) is 4.01. The average Bonchev–Trinajstić information content (AvgIpc) is 2.90. The maximum Gasteiger partial charge on any atom is 0.317 e. The summed E-state index contributed by atoms with van der Waals surface area (Å²) >= 11 is 0. The van der Waals surface area contributed by atoms with Crippen LogP contribution in [0.1, 0.15) is 11.5 Å². The van der Waals surface area contributed by atoms with Gasteiger partial charge in [-0.1, -0.05) is 36.4 Å². The van der Waals surface area contributed by atoms with Crippen LogP contribution in [0.15, 0.2) is 65.1 Å². The van der Waals surface area contributed by atoms with Crippen LogP contribution in [0.4, 0.5) is 0 Å². The smallest absolute Gasteiger partial charge is 0.317 e. The molecule has 0 amide bonds. The van der Waals surface area contributed by atoms with Crippen molar-refractivity contribution >= 4 is 5.97 Å². The summed E-state index contributed by atoms with van der Waals surface area (Å²) in [5, 5.41) is 0. The fraction of sp³-hybridized carbons (Fsp3) is 0.111. The van der Waals surface area contributed by atoms with Crippen molar-refractivity contribution in [3.05, 3.63) is 72.1 Å². The number of nitrogens with zero attached hydrogens (tertiary/aromatic N) is 1. The average molecular weight is 293 g/mol. The quantitative estimate of drug-likeness (QED) is 0.542. The van der Waals surface area contributed by atoms with E-state index < -0.39 is 0 Å². The molecule has 0 spiro atoms. The van der Waals surface area contributed by atoms with Crippen LogP contribution >= 0.6 is 0 Å². The molecule has 1 heterocycles. The van der Waals surface area contributed by atoms with Crippen molar-refractivity contribution < 1.29 is 13.9 Å². The largest absolute Gasteiger partial charge is 0.441 e. The number of carbonyl (C=O) groups is 1. The number of carbonyl (C=O) groups excluding carboxylic acids is 1. The maximum atomic E-state index is 12.0. The van der Waals surface area contributed by atoms with E-state index in [0.717, 1.165) is 5.56 Å². The maximum absolute atomic E-state index is 12.0. The molecule has 1 aromatic heterocycles. The Labute approximate surface area is 128 Å². The Morgan fingerprint density at radius 1 is 1.05 bits per heavy atom. The minimum atomic E-state index is -0.359. The van der Waals surface area contributed by atoms with E-state index in [2.05, 4.69) is 4.98 Å². The van der Waals surface area contributed by atoms with Gasteiger partial charge in [0.1, 0.15) is 11.5 Å². The van der Waals surface area contributed by atoms with E-state index >= 15 is 0 Å². The third-order valence-corrected chi connectivity index (χ3v) is 3.20. The normalized spacial score (nSPS) is 10.4. The van der Waals surface area contributed by atoms with Gasteiger partial charge in [-0.15, -0.1) is 0 Å². The number of para-hydroxylation sites is 1. The number of hydrogen-bond donors (Lipinski definition) is 0. The lowest BCUT2D eigenvalue weighted by atomic mass is 10.2. The fourth-order valence-corrected chi connectivity index (χ4v) is 2.09. The first-order chi connectivity index (χ1) is 10.7. The summed E-state index contributed by atoms with van der Waals surface area (Å²) in [6.07, 6.45) is 0.0804. The number of esters is 1. The topological polar surface area (TPSA) is 52.3 Å². The van der Waals surface area contributed by atoms with Gasteiger partial charge < -0.3 is 9.15 Å². The summed E-state index contributed by atoms with van der Waals surface area (Å²) in [7, 11) is 0. The minimum Gasteiger partial charge on any atom is -0.441 e. The van der Waals surface area contributed by atoms with Crippen LogP contribution < -0.4 is 4.74 Å². The molecule has 0 fully saturated rings. The van der Waals surface area contributed by atoms with Crippen molar-refractivity contribution in [3.8, 4) is 17.2 Å². The number of oxazole rings is 1. The van der Waals surface area contributed by atoms with Gasteiger partial charge in [-0.05, 0) is 31.2 Å². The summed E-state index contributed by atoms with van der Waals surface area (Å²) in [6.45, 7) is 1.80. The summed E-state index contributed by atoms with van der Waals surface area (Å²) in [5.41, 5.74) is 1.48. The van der Waals surface area contributed by atoms with Gasteiger partial charge in [-0.3, -0.25) is 4.79 Å². The first kappa shape index (κ1) is 14.1. The van der Waals surface area contributed by atoms with Gasteiger partial charge in [0, 0.05) is 5.56 Å². The lowest BCUT2D eigenvalue weighted by molar-refractivity contribution is -0.133. The van der Waals surface area contributed by atoms with E-state index in [1.807, 2.05) is 48.5 Å². The molecule has 0 saturated heterocycles. The van der Waals surface area contributed by atoms with Gasteiger partial charge in [0.05, 0.1) is 12.1 Å². The van der Waals surface area contributed by atoms with Crippen molar-refractivity contribution in [2.75, 3.05) is 0 Å². The molecule has 0 aliphatic rings. The fourth-order valence-electron chi connectivity index (χ4n) is 2.09. The first-order valence-corrected chi connectivity index (χ1v) is 7.00. The molecule has 0 bridgehead atoms. The first-order valence-electron chi connectivity index (χ1n) is 7.00. The van der Waals surface area contributed by atoms with E-state index in [9.17, 15) is 4.79 Å². The minimum absolute atomic E-state index is 0.0804. The van der Waals surface area contributed by atoms with Crippen LogP contribution in [0.5, 0.6) is 5.75 Å².